The molecular formula is C132H152O2. The van der Waals surface area contributed by atoms with Crippen molar-refractivity contribution < 1.29 is 9.47 Å². The fraction of sp³-hybridized carbons (Fsp3) is 0.364. The fourth-order valence-electron chi connectivity index (χ4n) is 23.6. The standard InChI is InChI=1S/C30H44.C28H40O2.2C16H16.3C14H12/c1-4-6-8-10-12-16-22-30(23-17-13-11-9-7-5-2)28-19-15-14-18-26(28)27-21-20-25(3)24-29(27)30;1-23-16-17-25-24-14-8-9-15-26(24)28(27(25)22-23,18-10-4-6-12-20-29-2)19-11-5-7-13-21-30-3;1-11-8-9-15-13(10-11)12-6-4-5-7-14(12)16(15,2)3;1-11-8-9-13-12-6-4-5-7-14(12)16(2,3)15(13)10-11;1-10-11-6-2-4-8-13(11)14-9-5-3-7-12(10)14;1-10-5-4-7-12-9-11-6-2-3-8-13(11)14(10)12;1-10-6-7-12-9-11-4-2-3-5-13(11)14(12)8-10/h14-15,18-21,24H,4-13,16-17,22-23H2,1-3H3;8-9,14-17,22H,4-7,10-13,18-21H2,1-3H3;2*4-10H,1-3H3;2-10H,1H3;2*2-8H,9H2,1H3. The largest absolute Gasteiger partial charge is 0.385 e. The average Bonchev–Trinajstić information content (AvgIpc) is 1.57. The molecule has 0 heterocycles. The normalized spacial score (nSPS) is 14.0. The Morgan fingerprint density at radius 1 is 0.239 bits per heavy atom. The average molecular weight is 1770 g/mol. The van der Waals surface area contributed by atoms with Crippen molar-refractivity contribution in [3.63, 3.8) is 0 Å². The molecule has 2 nitrogen and oxygen atoms in total. The summed E-state index contributed by atoms with van der Waals surface area (Å²) >= 11 is 0. The number of fused-ring (bicyclic) bond motifs is 21. The topological polar surface area (TPSA) is 18.5 Å². The van der Waals surface area contributed by atoms with E-state index < -0.39 is 0 Å². The van der Waals surface area contributed by atoms with Gasteiger partial charge in [-0.05, 0) is 254 Å². The van der Waals surface area contributed by atoms with E-state index in [1.54, 1.807) is 36.5 Å². The lowest BCUT2D eigenvalue weighted by Gasteiger charge is -2.33. The van der Waals surface area contributed by atoms with Gasteiger partial charge in [0.2, 0.25) is 0 Å². The third-order valence-corrected chi connectivity index (χ3v) is 30.8. The molecule has 0 amide bonds. The molecule has 692 valence electrons. The van der Waals surface area contributed by atoms with Gasteiger partial charge in [-0.3, -0.25) is 0 Å². The second-order valence-corrected chi connectivity index (χ2v) is 41.0. The summed E-state index contributed by atoms with van der Waals surface area (Å²) in [6, 6.07) is 112. The molecule has 2 heteroatoms. The molecule has 0 unspecified atom stereocenters. The predicted octanol–water partition coefficient (Wildman–Crippen LogP) is 36.8. The van der Waals surface area contributed by atoms with Gasteiger partial charge in [0, 0.05) is 55.0 Å². The van der Waals surface area contributed by atoms with Gasteiger partial charge in [0.05, 0.1) is 0 Å². The predicted molar refractivity (Wildman–Crippen MR) is 576 cm³/mol. The third-order valence-electron chi connectivity index (χ3n) is 30.8. The zero-order chi connectivity index (χ0) is 93.8. The number of hydrogen-bond acceptors (Lipinski definition) is 2. The van der Waals surface area contributed by atoms with Crippen LogP contribution in [0.4, 0.5) is 0 Å². The molecule has 14 aromatic rings. The van der Waals surface area contributed by atoms with Gasteiger partial charge < -0.3 is 9.47 Å². The zero-order valence-corrected chi connectivity index (χ0v) is 84.1. The van der Waals surface area contributed by atoms with E-state index in [-0.39, 0.29) is 21.7 Å². The molecule has 0 bridgehead atoms. The first kappa shape index (κ1) is 97.5. The van der Waals surface area contributed by atoms with Gasteiger partial charge in [0.15, 0.2) is 0 Å². The Balaban J connectivity index is 0.000000122. The minimum absolute atomic E-state index is 0.151. The number of rotatable bonds is 28. The second kappa shape index (κ2) is 45.6. The maximum absolute atomic E-state index is 5.23. The number of methoxy groups -OCH3 is 2. The van der Waals surface area contributed by atoms with E-state index >= 15 is 0 Å². The second-order valence-electron chi connectivity index (χ2n) is 41.0. The first-order chi connectivity index (χ1) is 65.2. The Kier molecular flexibility index (Phi) is 33.2. The van der Waals surface area contributed by atoms with Crippen LogP contribution in [0.5, 0.6) is 0 Å². The highest BCUT2D eigenvalue weighted by Crippen LogP contribution is 2.58. The van der Waals surface area contributed by atoms with Crippen LogP contribution < -0.4 is 0 Å². The van der Waals surface area contributed by atoms with Crippen LogP contribution in [0.15, 0.2) is 303 Å². The Morgan fingerprint density at radius 2 is 0.545 bits per heavy atom. The quantitative estimate of drug-likeness (QED) is 0.0455. The first-order valence-corrected chi connectivity index (χ1v) is 51.6. The summed E-state index contributed by atoms with van der Waals surface area (Å²) in [5.74, 6) is 0.558. The summed E-state index contributed by atoms with van der Waals surface area (Å²) in [5, 5.41) is 0. The Labute approximate surface area is 808 Å². The lowest BCUT2D eigenvalue weighted by atomic mass is 9.70. The molecule has 0 atom stereocenters. The zero-order valence-electron chi connectivity index (χ0n) is 84.1. The summed E-state index contributed by atoms with van der Waals surface area (Å²) in [5.41, 5.74) is 50.2. The Hall–Kier alpha value is -11.0. The molecule has 0 aliphatic heterocycles. The van der Waals surface area contributed by atoms with Crippen molar-refractivity contribution in [2.75, 3.05) is 27.4 Å². The van der Waals surface area contributed by atoms with Crippen LogP contribution in [-0.2, 0) is 44.0 Å². The van der Waals surface area contributed by atoms with Crippen LogP contribution in [0.3, 0.4) is 0 Å². The Morgan fingerprint density at radius 3 is 1.02 bits per heavy atom. The smallest absolute Gasteiger partial charge is 0.0462 e. The third kappa shape index (κ3) is 21.6. The van der Waals surface area contributed by atoms with Gasteiger partial charge >= 0.3 is 0 Å². The molecule has 0 radical (unpaired) electrons. The molecule has 7 aliphatic carbocycles. The van der Waals surface area contributed by atoms with E-state index in [0.717, 1.165) is 26.1 Å². The number of aryl methyl sites for hydroxylation is 6. The van der Waals surface area contributed by atoms with Gasteiger partial charge in [-0.2, -0.15) is 0 Å². The van der Waals surface area contributed by atoms with Crippen LogP contribution in [-0.4, -0.2) is 27.4 Å². The SMILES string of the molecule is CC1c2ccccc2-c2ccccc21.CCCCCCCCC1(CCCCCCCC)c2ccccc2-c2ccc(C)cc21.COCCCCCCC1(CCCCCCOC)c2ccccc2-c2ccc(C)cc21.Cc1ccc2c(c1)-c1ccccc1C2.Cc1ccc2c(c1)-c1ccccc1C2(C)C.Cc1ccc2c(c1)C(C)(C)c1ccccc1-2.Cc1cccc2c1-c1ccccc1C2. The summed E-state index contributed by atoms with van der Waals surface area (Å²) < 4.78 is 10.5. The molecule has 0 spiro atoms. The lowest BCUT2D eigenvalue weighted by Crippen LogP contribution is -2.25. The summed E-state index contributed by atoms with van der Waals surface area (Å²) in [6.07, 6.45) is 34.0. The van der Waals surface area contributed by atoms with Crippen molar-refractivity contribution in [1.82, 2.24) is 0 Å². The van der Waals surface area contributed by atoms with Gasteiger partial charge in [-0.1, -0.05) is 495 Å². The van der Waals surface area contributed by atoms with E-state index in [1.165, 1.54) is 321 Å². The maximum Gasteiger partial charge on any atom is 0.0462 e. The molecule has 0 saturated carbocycles. The summed E-state index contributed by atoms with van der Waals surface area (Å²) in [7, 11) is 3.60. The van der Waals surface area contributed by atoms with Crippen LogP contribution in [0.1, 0.15) is 320 Å². The van der Waals surface area contributed by atoms with E-state index in [4.69, 9.17) is 9.47 Å². The number of unbranched alkanes of at least 4 members (excludes halogenated alkanes) is 16. The number of ether oxygens (including phenoxy) is 2. The highest BCUT2D eigenvalue weighted by atomic mass is 16.5. The molecule has 0 saturated heterocycles. The van der Waals surface area contributed by atoms with Crippen molar-refractivity contribution in [2.45, 2.75) is 285 Å². The van der Waals surface area contributed by atoms with Crippen LogP contribution in [0, 0.1) is 41.5 Å². The highest BCUT2D eigenvalue weighted by molar-refractivity contribution is 5.86. The van der Waals surface area contributed by atoms with E-state index in [1.807, 2.05) is 0 Å². The van der Waals surface area contributed by atoms with Crippen molar-refractivity contribution in [3.05, 3.63) is 415 Å². The van der Waals surface area contributed by atoms with Crippen LogP contribution in [0.2, 0.25) is 0 Å². The van der Waals surface area contributed by atoms with Crippen molar-refractivity contribution >= 4 is 0 Å². The summed E-state index contributed by atoms with van der Waals surface area (Å²) in [4.78, 5) is 0. The van der Waals surface area contributed by atoms with Crippen molar-refractivity contribution in [1.29, 1.82) is 0 Å². The molecule has 14 aromatic carbocycles. The summed E-state index contributed by atoms with van der Waals surface area (Å²) in [6.45, 7) is 31.1. The minimum Gasteiger partial charge on any atom is -0.385 e. The molecule has 21 rings (SSSR count). The number of benzene rings is 14. The minimum atomic E-state index is 0.151. The molecule has 0 N–H and O–H groups in total. The van der Waals surface area contributed by atoms with Crippen molar-refractivity contribution in [2.24, 2.45) is 0 Å². The monoisotopic (exact) mass is 1770 g/mol. The van der Waals surface area contributed by atoms with Crippen LogP contribution >= 0.6 is 0 Å². The van der Waals surface area contributed by atoms with Gasteiger partial charge in [-0.25, -0.2) is 0 Å². The van der Waals surface area contributed by atoms with Gasteiger partial charge in [-0.15, -0.1) is 0 Å². The van der Waals surface area contributed by atoms with Gasteiger partial charge in [0.25, 0.3) is 0 Å². The number of hydrogen-bond donors (Lipinski definition) is 0. The molecule has 7 aliphatic rings. The van der Waals surface area contributed by atoms with Crippen LogP contribution in [0.25, 0.3) is 77.9 Å². The fourth-order valence-corrected chi connectivity index (χ4v) is 23.6. The van der Waals surface area contributed by atoms with E-state index in [9.17, 15) is 0 Å². The maximum atomic E-state index is 5.23. The van der Waals surface area contributed by atoms with E-state index in [0.29, 0.717) is 5.92 Å². The van der Waals surface area contributed by atoms with Gasteiger partial charge in [0.1, 0.15) is 0 Å². The first-order valence-electron chi connectivity index (χ1n) is 51.6. The highest BCUT2D eigenvalue weighted by Gasteiger charge is 2.44. The molecule has 0 aromatic heterocycles. The molecule has 134 heavy (non-hydrogen) atoms. The lowest BCUT2D eigenvalue weighted by molar-refractivity contribution is 0.191. The van der Waals surface area contributed by atoms with E-state index in [2.05, 4.69) is 393 Å². The molecule has 0 fully saturated rings. The molecular weight excluding hydrogens is 1620 g/mol. The Bertz CT molecular complexity index is 6050. The van der Waals surface area contributed by atoms with Crippen molar-refractivity contribution in [3.8, 4) is 77.9 Å².